The molecule has 0 fully saturated rings. The Hall–Kier alpha value is -1.55. The van der Waals surface area contributed by atoms with Crippen molar-refractivity contribution >= 4 is 11.6 Å². The number of nitrogens with one attached hydrogen (secondary N) is 1. The second-order valence-electron chi connectivity index (χ2n) is 5.15. The number of hydrogen-bond donors (Lipinski definition) is 2. The number of carbonyl (C=O) groups is 1. The van der Waals surface area contributed by atoms with Crippen molar-refractivity contribution in [3.63, 3.8) is 0 Å². The van der Waals surface area contributed by atoms with Gasteiger partial charge in [0.05, 0.1) is 0 Å². The number of nitrogens with two attached hydrogens (primary N) is 1. The topological polar surface area (TPSA) is 64.3 Å². The Balaban J connectivity index is 2.26. The molecule has 4 heteroatoms. The van der Waals surface area contributed by atoms with E-state index in [4.69, 9.17) is 10.5 Å². The van der Waals surface area contributed by atoms with Crippen molar-refractivity contribution in [2.75, 3.05) is 25.5 Å². The van der Waals surface area contributed by atoms with Crippen molar-refractivity contribution in [3.05, 3.63) is 29.3 Å². The fourth-order valence-corrected chi connectivity index (χ4v) is 1.58. The largest absolute Gasteiger partial charge is 0.398 e. The van der Waals surface area contributed by atoms with E-state index in [2.05, 4.69) is 19.2 Å². The average Bonchev–Trinajstić information content (AvgIpc) is 2.36. The van der Waals surface area contributed by atoms with Gasteiger partial charge in [0.25, 0.3) is 5.91 Å². The number of hydrogen-bond acceptors (Lipinski definition) is 3. The summed E-state index contributed by atoms with van der Waals surface area (Å²) < 4.78 is 5.45. The molecule has 0 aliphatic carbocycles. The summed E-state index contributed by atoms with van der Waals surface area (Å²) in [6.45, 7) is 8.21. The van der Waals surface area contributed by atoms with Crippen LogP contribution in [0.25, 0.3) is 0 Å². The summed E-state index contributed by atoms with van der Waals surface area (Å²) in [6.07, 6.45) is 0.819. The van der Waals surface area contributed by atoms with E-state index < -0.39 is 0 Å². The van der Waals surface area contributed by atoms with E-state index in [1.165, 1.54) is 0 Å². The zero-order chi connectivity index (χ0) is 14.3. The van der Waals surface area contributed by atoms with Crippen LogP contribution in [0.3, 0.4) is 0 Å². The SMILES string of the molecule is Cc1ccc(C(=O)NCCCOCC(C)C)cc1N. The number of ether oxygens (including phenoxy) is 1. The summed E-state index contributed by atoms with van der Waals surface area (Å²) >= 11 is 0. The second-order valence-corrected chi connectivity index (χ2v) is 5.15. The van der Waals surface area contributed by atoms with E-state index in [1.807, 2.05) is 13.0 Å². The summed E-state index contributed by atoms with van der Waals surface area (Å²) in [5.74, 6) is 0.459. The van der Waals surface area contributed by atoms with Crippen molar-refractivity contribution in [1.29, 1.82) is 0 Å². The standard InChI is InChI=1S/C15H24N2O2/c1-11(2)10-19-8-4-7-17-15(18)13-6-5-12(3)14(16)9-13/h5-6,9,11H,4,7-8,10,16H2,1-3H3,(H,17,18). The smallest absolute Gasteiger partial charge is 0.251 e. The molecular weight excluding hydrogens is 240 g/mol. The summed E-state index contributed by atoms with van der Waals surface area (Å²) in [6, 6.07) is 5.35. The van der Waals surface area contributed by atoms with Gasteiger partial charge in [-0.1, -0.05) is 19.9 Å². The molecule has 19 heavy (non-hydrogen) atoms. The number of nitrogen functional groups attached to an aromatic ring is 1. The van der Waals surface area contributed by atoms with Crippen molar-refractivity contribution in [1.82, 2.24) is 5.32 Å². The molecule has 0 saturated carbocycles. The maximum Gasteiger partial charge on any atom is 0.251 e. The molecule has 0 aromatic heterocycles. The highest BCUT2D eigenvalue weighted by Crippen LogP contribution is 2.12. The maximum absolute atomic E-state index is 11.8. The number of benzene rings is 1. The predicted octanol–water partition coefficient (Wildman–Crippen LogP) is 2.37. The van der Waals surface area contributed by atoms with E-state index in [9.17, 15) is 4.79 Å². The second kappa shape index (κ2) is 7.79. The third kappa shape index (κ3) is 5.75. The molecule has 0 aliphatic rings. The Morgan fingerprint density at radius 3 is 2.79 bits per heavy atom. The first-order valence-corrected chi connectivity index (χ1v) is 6.72. The van der Waals surface area contributed by atoms with E-state index in [1.54, 1.807) is 12.1 Å². The summed E-state index contributed by atoms with van der Waals surface area (Å²) in [7, 11) is 0. The summed E-state index contributed by atoms with van der Waals surface area (Å²) in [4.78, 5) is 11.8. The number of amides is 1. The minimum absolute atomic E-state index is 0.0874. The molecular formula is C15H24N2O2. The lowest BCUT2D eigenvalue weighted by Crippen LogP contribution is -2.25. The van der Waals surface area contributed by atoms with Gasteiger partial charge >= 0.3 is 0 Å². The third-order valence-electron chi connectivity index (χ3n) is 2.74. The molecule has 1 rings (SSSR count). The zero-order valence-corrected chi connectivity index (χ0v) is 12.0. The van der Waals surface area contributed by atoms with Gasteiger partial charge in [0.15, 0.2) is 0 Å². The van der Waals surface area contributed by atoms with Crippen molar-refractivity contribution in [2.45, 2.75) is 27.2 Å². The lowest BCUT2D eigenvalue weighted by Gasteiger charge is -2.08. The Bertz CT molecular complexity index is 417. The molecule has 1 aromatic carbocycles. The van der Waals surface area contributed by atoms with Crippen LogP contribution in [0.15, 0.2) is 18.2 Å². The number of anilines is 1. The van der Waals surface area contributed by atoms with E-state index in [0.717, 1.165) is 18.6 Å². The molecule has 0 atom stereocenters. The highest BCUT2D eigenvalue weighted by atomic mass is 16.5. The van der Waals surface area contributed by atoms with Crippen LogP contribution in [-0.4, -0.2) is 25.7 Å². The first-order valence-electron chi connectivity index (χ1n) is 6.72. The molecule has 1 aromatic rings. The van der Waals surface area contributed by atoms with Gasteiger partial charge in [0, 0.05) is 31.0 Å². The van der Waals surface area contributed by atoms with Crippen LogP contribution in [0.5, 0.6) is 0 Å². The van der Waals surface area contributed by atoms with Gasteiger partial charge in [-0.05, 0) is 37.0 Å². The van der Waals surface area contributed by atoms with Gasteiger partial charge < -0.3 is 15.8 Å². The van der Waals surface area contributed by atoms with Gasteiger partial charge in [0.2, 0.25) is 0 Å². The van der Waals surface area contributed by atoms with Crippen LogP contribution < -0.4 is 11.1 Å². The van der Waals surface area contributed by atoms with Crippen molar-refractivity contribution < 1.29 is 9.53 Å². The van der Waals surface area contributed by atoms with E-state index >= 15 is 0 Å². The summed E-state index contributed by atoms with van der Waals surface area (Å²) in [5, 5.41) is 2.86. The fraction of sp³-hybridized carbons (Fsp3) is 0.533. The first-order chi connectivity index (χ1) is 9.00. The fourth-order valence-electron chi connectivity index (χ4n) is 1.58. The maximum atomic E-state index is 11.8. The highest BCUT2D eigenvalue weighted by molar-refractivity contribution is 5.95. The van der Waals surface area contributed by atoms with Crippen LogP contribution in [0.1, 0.15) is 36.2 Å². The van der Waals surface area contributed by atoms with Gasteiger partial charge in [-0.25, -0.2) is 0 Å². The minimum atomic E-state index is -0.0874. The average molecular weight is 264 g/mol. The normalized spacial score (nSPS) is 10.7. The molecule has 4 nitrogen and oxygen atoms in total. The van der Waals surface area contributed by atoms with Crippen LogP contribution in [0, 0.1) is 12.8 Å². The molecule has 0 radical (unpaired) electrons. The van der Waals surface area contributed by atoms with Crippen LogP contribution in [-0.2, 0) is 4.74 Å². The van der Waals surface area contributed by atoms with Gasteiger partial charge in [-0.3, -0.25) is 4.79 Å². The molecule has 0 bridgehead atoms. The minimum Gasteiger partial charge on any atom is -0.398 e. The van der Waals surface area contributed by atoms with Gasteiger partial charge in [0.1, 0.15) is 0 Å². The Kier molecular flexibility index (Phi) is 6.36. The molecule has 0 unspecified atom stereocenters. The zero-order valence-electron chi connectivity index (χ0n) is 12.0. The lowest BCUT2D eigenvalue weighted by molar-refractivity contribution is 0.0925. The van der Waals surface area contributed by atoms with E-state index in [0.29, 0.717) is 30.3 Å². The number of rotatable bonds is 7. The predicted molar refractivity (Wildman–Crippen MR) is 78.2 cm³/mol. The molecule has 0 heterocycles. The van der Waals surface area contributed by atoms with Gasteiger partial charge in [-0.2, -0.15) is 0 Å². The molecule has 0 spiro atoms. The molecule has 3 N–H and O–H groups in total. The van der Waals surface area contributed by atoms with Crippen LogP contribution in [0.2, 0.25) is 0 Å². The molecule has 1 amide bonds. The van der Waals surface area contributed by atoms with Crippen LogP contribution >= 0.6 is 0 Å². The Labute approximate surface area is 115 Å². The molecule has 0 aliphatic heterocycles. The van der Waals surface area contributed by atoms with Crippen molar-refractivity contribution in [2.24, 2.45) is 5.92 Å². The first kappa shape index (κ1) is 15.5. The Morgan fingerprint density at radius 2 is 2.16 bits per heavy atom. The van der Waals surface area contributed by atoms with E-state index in [-0.39, 0.29) is 5.91 Å². The van der Waals surface area contributed by atoms with Gasteiger partial charge in [-0.15, -0.1) is 0 Å². The third-order valence-corrected chi connectivity index (χ3v) is 2.74. The Morgan fingerprint density at radius 1 is 1.42 bits per heavy atom. The highest BCUT2D eigenvalue weighted by Gasteiger charge is 2.06. The summed E-state index contributed by atoms with van der Waals surface area (Å²) in [5.41, 5.74) is 8.02. The lowest BCUT2D eigenvalue weighted by atomic mass is 10.1. The molecule has 0 saturated heterocycles. The quantitative estimate of drug-likeness (QED) is 0.587. The number of aryl methyl sites for hydroxylation is 1. The molecule has 106 valence electrons. The number of carbonyl (C=O) groups excluding carboxylic acids is 1. The van der Waals surface area contributed by atoms with Crippen molar-refractivity contribution in [3.8, 4) is 0 Å². The monoisotopic (exact) mass is 264 g/mol. The van der Waals surface area contributed by atoms with Crippen LogP contribution in [0.4, 0.5) is 5.69 Å².